The molecule has 1 saturated heterocycles. The molecule has 22 heavy (non-hydrogen) atoms. The second-order valence-electron chi connectivity index (χ2n) is 5.62. The zero-order chi connectivity index (χ0) is 15.7. The molecule has 3 rings (SSSR count). The molecular weight excluding hydrogens is 302 g/mol. The van der Waals surface area contributed by atoms with Crippen LogP contribution in [0.4, 0.5) is 5.82 Å². The van der Waals surface area contributed by atoms with E-state index in [4.69, 9.17) is 5.73 Å². The summed E-state index contributed by atoms with van der Waals surface area (Å²) in [6, 6.07) is -0.148. The molecule has 0 aliphatic carbocycles. The van der Waals surface area contributed by atoms with Gasteiger partial charge in [-0.1, -0.05) is 6.92 Å². The minimum absolute atomic E-state index is 0.148. The Labute approximate surface area is 132 Å². The maximum absolute atomic E-state index is 11.0. The average Bonchev–Trinajstić information content (AvgIpc) is 3.06. The summed E-state index contributed by atoms with van der Waals surface area (Å²) >= 11 is 1.77. The second-order valence-corrected chi connectivity index (χ2v) is 6.77. The van der Waals surface area contributed by atoms with Gasteiger partial charge in [0.25, 0.3) is 0 Å². The maximum Gasteiger partial charge on any atom is 0.151 e. The molecule has 2 aromatic heterocycles. The molecule has 1 aliphatic rings. The fraction of sp³-hybridized carbons (Fsp3) is 0.571. The molecule has 0 saturated carbocycles. The van der Waals surface area contributed by atoms with E-state index in [1.165, 1.54) is 6.33 Å². The van der Waals surface area contributed by atoms with Crippen LogP contribution in [0.15, 0.2) is 12.5 Å². The van der Waals surface area contributed by atoms with Crippen molar-refractivity contribution >= 4 is 28.6 Å². The van der Waals surface area contributed by atoms with E-state index in [9.17, 15) is 10.2 Å². The van der Waals surface area contributed by atoms with Crippen LogP contribution in [0.1, 0.15) is 18.9 Å². The first-order valence-corrected chi connectivity index (χ1v) is 8.53. The number of fused-ring (bicyclic) bond motifs is 1. The highest BCUT2D eigenvalue weighted by Gasteiger charge is 2.49. The number of anilines is 1. The van der Waals surface area contributed by atoms with Crippen molar-refractivity contribution in [1.29, 1.82) is 0 Å². The van der Waals surface area contributed by atoms with Crippen molar-refractivity contribution in [3.8, 4) is 0 Å². The Balaban J connectivity index is 1.88. The van der Waals surface area contributed by atoms with Gasteiger partial charge >= 0.3 is 0 Å². The van der Waals surface area contributed by atoms with Crippen molar-refractivity contribution < 1.29 is 10.2 Å². The molecule has 0 spiro atoms. The van der Waals surface area contributed by atoms with E-state index < -0.39 is 11.7 Å². The van der Waals surface area contributed by atoms with Gasteiger partial charge in [-0.05, 0) is 12.2 Å². The minimum Gasteiger partial charge on any atom is -0.388 e. The summed E-state index contributed by atoms with van der Waals surface area (Å²) in [7, 11) is 0. The van der Waals surface area contributed by atoms with Gasteiger partial charge in [-0.3, -0.25) is 0 Å². The quantitative estimate of drug-likeness (QED) is 0.499. The highest BCUT2D eigenvalue weighted by molar-refractivity contribution is 7.99. The summed E-state index contributed by atoms with van der Waals surface area (Å²) in [4.78, 5) is 11.1. The lowest BCUT2D eigenvalue weighted by Crippen LogP contribution is -2.42. The number of aromatic nitrogens is 3. The van der Waals surface area contributed by atoms with Crippen LogP contribution in [0.25, 0.3) is 11.0 Å². The number of thioether (sulfide) groups is 1. The number of β-amino-alcohol motifs (C(OH)–C–C–N with tert-alkyl or cyclic N) is 1. The maximum atomic E-state index is 11.0. The summed E-state index contributed by atoms with van der Waals surface area (Å²) in [5.41, 5.74) is 6.12. The lowest BCUT2D eigenvalue weighted by atomic mass is 9.90. The fourth-order valence-electron chi connectivity index (χ4n) is 2.88. The Morgan fingerprint density at radius 1 is 1.50 bits per heavy atom. The average molecular weight is 323 g/mol. The Morgan fingerprint density at radius 3 is 3.09 bits per heavy atom. The largest absolute Gasteiger partial charge is 0.388 e. The first-order valence-electron chi connectivity index (χ1n) is 7.37. The Kier molecular flexibility index (Phi) is 4.26. The van der Waals surface area contributed by atoms with Crippen molar-refractivity contribution in [2.75, 3.05) is 23.8 Å². The molecule has 0 radical (unpaired) electrons. The molecule has 7 nitrogen and oxygen atoms in total. The van der Waals surface area contributed by atoms with Crippen LogP contribution in [0.5, 0.6) is 0 Å². The molecule has 3 atom stereocenters. The number of aliphatic hydroxyl groups is 2. The highest BCUT2D eigenvalue weighted by atomic mass is 32.2. The molecule has 6 N–H and O–H groups in total. The highest BCUT2D eigenvalue weighted by Crippen LogP contribution is 2.36. The van der Waals surface area contributed by atoms with Gasteiger partial charge < -0.3 is 26.2 Å². The minimum atomic E-state index is -1.38. The van der Waals surface area contributed by atoms with Gasteiger partial charge in [-0.25, -0.2) is 9.97 Å². The van der Waals surface area contributed by atoms with E-state index in [0.717, 1.165) is 17.9 Å². The van der Waals surface area contributed by atoms with E-state index in [2.05, 4.69) is 27.2 Å². The smallest absolute Gasteiger partial charge is 0.151 e. The lowest BCUT2D eigenvalue weighted by molar-refractivity contribution is -0.0513. The number of hydrogen-bond donors (Lipinski definition) is 5. The Hall–Kier alpha value is -1.35. The molecule has 0 bridgehead atoms. The Bertz CT molecular complexity index is 664. The molecule has 0 aromatic carbocycles. The van der Waals surface area contributed by atoms with Crippen LogP contribution < -0.4 is 11.1 Å². The first-order chi connectivity index (χ1) is 10.6. The van der Waals surface area contributed by atoms with Gasteiger partial charge in [0, 0.05) is 30.1 Å². The van der Waals surface area contributed by atoms with Crippen LogP contribution in [0, 0.1) is 0 Å². The fourth-order valence-corrected chi connectivity index (χ4v) is 3.89. The number of H-pyrrole nitrogens is 1. The van der Waals surface area contributed by atoms with E-state index in [0.29, 0.717) is 22.4 Å². The predicted octanol–water partition coefficient (Wildman–Crippen LogP) is 0.204. The number of nitrogens with one attached hydrogen (secondary N) is 2. The number of nitrogen functional groups attached to an aromatic ring is 1. The number of nitrogens with zero attached hydrogens (tertiary/aromatic N) is 2. The second kappa shape index (κ2) is 6.04. The molecule has 3 heterocycles. The van der Waals surface area contributed by atoms with Gasteiger partial charge in [0.2, 0.25) is 0 Å². The monoisotopic (exact) mass is 323 g/mol. The molecule has 2 unspecified atom stereocenters. The van der Waals surface area contributed by atoms with E-state index in [1.54, 1.807) is 18.0 Å². The summed E-state index contributed by atoms with van der Waals surface area (Å²) in [5, 5.41) is 24.8. The van der Waals surface area contributed by atoms with Crippen LogP contribution >= 0.6 is 11.8 Å². The molecule has 1 aliphatic heterocycles. The zero-order valence-electron chi connectivity index (χ0n) is 12.4. The summed E-state index contributed by atoms with van der Waals surface area (Å²) in [5.74, 6) is 2.13. The number of rotatable bonds is 5. The summed E-state index contributed by atoms with van der Waals surface area (Å²) < 4.78 is 0. The van der Waals surface area contributed by atoms with E-state index in [1.807, 2.05) is 0 Å². The number of aliphatic hydroxyl groups excluding tert-OH is 1. The van der Waals surface area contributed by atoms with Gasteiger partial charge in [0.05, 0.1) is 5.52 Å². The topological polar surface area (TPSA) is 120 Å². The number of aromatic amines is 1. The van der Waals surface area contributed by atoms with Crippen LogP contribution in [0.3, 0.4) is 0 Å². The standard InChI is InChI=1S/C14H21N5O2S/c1-2-3-22-5-9-12(20)14(21,6-17-9)8-4-16-11-10(8)18-7-19-13(11)15/h4,7,9,12,16-17,20-21H,2-3,5-6H2,1H3,(H2,15,18,19)/t9-,12?,14?/m1/s1. The molecule has 8 heteroatoms. The van der Waals surface area contributed by atoms with E-state index >= 15 is 0 Å². The first kappa shape index (κ1) is 15.5. The third kappa shape index (κ3) is 2.45. The molecule has 0 amide bonds. The van der Waals surface area contributed by atoms with Gasteiger partial charge in [0.15, 0.2) is 5.82 Å². The zero-order valence-corrected chi connectivity index (χ0v) is 13.2. The Morgan fingerprint density at radius 2 is 2.32 bits per heavy atom. The molecule has 1 fully saturated rings. The summed E-state index contributed by atoms with van der Waals surface area (Å²) in [6.45, 7) is 2.40. The van der Waals surface area contributed by atoms with Crippen LogP contribution in [0.2, 0.25) is 0 Å². The third-order valence-electron chi connectivity index (χ3n) is 4.11. The van der Waals surface area contributed by atoms with E-state index in [-0.39, 0.29) is 12.6 Å². The van der Waals surface area contributed by atoms with Gasteiger partial charge in [-0.15, -0.1) is 0 Å². The van der Waals surface area contributed by atoms with Crippen molar-refractivity contribution in [3.05, 3.63) is 18.1 Å². The summed E-state index contributed by atoms with van der Waals surface area (Å²) in [6.07, 6.45) is 3.22. The number of hydrogen-bond acceptors (Lipinski definition) is 7. The van der Waals surface area contributed by atoms with Crippen LogP contribution in [-0.4, -0.2) is 55.4 Å². The molecule has 2 aromatic rings. The molecule has 120 valence electrons. The SMILES string of the molecule is CCCSC[C@H]1NCC(O)(c2c[nH]c3c(N)ncnc23)C1O. The van der Waals surface area contributed by atoms with Gasteiger partial charge in [0.1, 0.15) is 23.5 Å². The van der Waals surface area contributed by atoms with Crippen molar-refractivity contribution in [2.24, 2.45) is 0 Å². The van der Waals surface area contributed by atoms with Gasteiger partial charge in [-0.2, -0.15) is 11.8 Å². The van der Waals surface area contributed by atoms with Crippen molar-refractivity contribution in [1.82, 2.24) is 20.3 Å². The van der Waals surface area contributed by atoms with Crippen molar-refractivity contribution in [3.63, 3.8) is 0 Å². The third-order valence-corrected chi connectivity index (χ3v) is 5.40. The van der Waals surface area contributed by atoms with Crippen molar-refractivity contribution in [2.45, 2.75) is 31.1 Å². The normalized spacial score (nSPS) is 28.5. The molecular formula is C14H21N5O2S. The lowest BCUT2D eigenvalue weighted by Gasteiger charge is -2.27. The van der Waals surface area contributed by atoms with Crippen LogP contribution in [-0.2, 0) is 5.60 Å². The number of nitrogens with two attached hydrogens (primary N) is 1. The predicted molar refractivity (Wildman–Crippen MR) is 87.6 cm³/mol.